The van der Waals surface area contributed by atoms with Crippen LogP contribution in [-0.4, -0.2) is 79.6 Å². The molecule has 0 spiro atoms. The zero-order valence-electron chi connectivity index (χ0n) is 14.4. The predicted octanol–water partition coefficient (Wildman–Crippen LogP) is 1.49. The minimum atomic E-state index is -0.0643. The van der Waals surface area contributed by atoms with Gasteiger partial charge in [0.05, 0.1) is 0 Å². The summed E-state index contributed by atoms with van der Waals surface area (Å²) >= 11 is 0. The minimum Gasteiger partial charge on any atom is -0.324 e. The zero-order chi connectivity index (χ0) is 14.8. The van der Waals surface area contributed by atoms with E-state index in [1.54, 1.807) is 0 Å². The first-order chi connectivity index (χ1) is 9.26. The molecule has 0 radical (unpaired) electrons. The van der Waals surface area contributed by atoms with Gasteiger partial charge in [0.25, 0.3) is 0 Å². The molecule has 0 bridgehead atoms. The van der Waals surface area contributed by atoms with Crippen LogP contribution in [0.25, 0.3) is 0 Å². The highest BCUT2D eigenvalue weighted by Crippen LogP contribution is 2.32. The SMILES string of the molecule is CN1CCN(CC2(C)CCN(CC(C)(C)N)CC2)CC1.Cl. The first-order valence-corrected chi connectivity index (χ1v) is 8.18. The third-order valence-electron chi connectivity index (χ3n) is 4.90. The lowest BCUT2D eigenvalue weighted by Crippen LogP contribution is -2.53. The maximum Gasteiger partial charge on any atom is 0.0226 e. The standard InChI is InChI=1S/C16H34N4.ClH/c1-15(2,17)13-19-7-5-16(3,6-8-19)14-20-11-9-18(4)10-12-20;/h5-14,17H2,1-4H3;1H. The van der Waals surface area contributed by atoms with Gasteiger partial charge in [-0.3, -0.25) is 0 Å². The van der Waals surface area contributed by atoms with Gasteiger partial charge in [-0.25, -0.2) is 0 Å². The van der Waals surface area contributed by atoms with Gasteiger partial charge in [0.2, 0.25) is 0 Å². The number of nitrogens with two attached hydrogens (primary N) is 1. The van der Waals surface area contributed by atoms with Crippen LogP contribution in [0.3, 0.4) is 0 Å². The van der Waals surface area contributed by atoms with Crippen LogP contribution in [0.4, 0.5) is 0 Å². The second-order valence-electron chi connectivity index (χ2n) is 8.15. The minimum absolute atomic E-state index is 0. The van der Waals surface area contributed by atoms with Gasteiger partial charge in [-0.15, -0.1) is 12.4 Å². The van der Waals surface area contributed by atoms with Crippen molar-refractivity contribution in [2.75, 3.05) is 59.4 Å². The summed E-state index contributed by atoms with van der Waals surface area (Å²) in [5.41, 5.74) is 6.58. The summed E-state index contributed by atoms with van der Waals surface area (Å²) in [5.74, 6) is 0. The van der Waals surface area contributed by atoms with Crippen LogP contribution < -0.4 is 5.73 Å². The lowest BCUT2D eigenvalue weighted by atomic mass is 9.79. The molecule has 0 amide bonds. The van der Waals surface area contributed by atoms with E-state index in [0.29, 0.717) is 5.41 Å². The van der Waals surface area contributed by atoms with Gasteiger partial charge in [-0.05, 0) is 52.2 Å². The van der Waals surface area contributed by atoms with E-state index in [2.05, 4.69) is 42.5 Å². The van der Waals surface area contributed by atoms with Gasteiger partial charge < -0.3 is 20.4 Å². The van der Waals surface area contributed by atoms with Crippen LogP contribution in [0.2, 0.25) is 0 Å². The highest BCUT2D eigenvalue weighted by molar-refractivity contribution is 5.85. The molecule has 0 saturated carbocycles. The molecule has 2 heterocycles. The van der Waals surface area contributed by atoms with Crippen molar-refractivity contribution >= 4 is 12.4 Å². The molecule has 0 aromatic carbocycles. The van der Waals surface area contributed by atoms with Crippen molar-refractivity contribution in [3.05, 3.63) is 0 Å². The number of piperazine rings is 1. The molecule has 126 valence electrons. The first kappa shape index (κ1) is 19.2. The van der Waals surface area contributed by atoms with Gasteiger partial charge in [-0.1, -0.05) is 6.92 Å². The third-order valence-corrected chi connectivity index (χ3v) is 4.90. The van der Waals surface area contributed by atoms with E-state index in [-0.39, 0.29) is 17.9 Å². The van der Waals surface area contributed by atoms with E-state index in [0.717, 1.165) is 6.54 Å². The number of likely N-dealkylation sites (tertiary alicyclic amines) is 1. The smallest absolute Gasteiger partial charge is 0.0226 e. The molecular weight excluding hydrogens is 284 g/mol. The van der Waals surface area contributed by atoms with Crippen molar-refractivity contribution < 1.29 is 0 Å². The molecular formula is C16H35ClN4. The van der Waals surface area contributed by atoms with Gasteiger partial charge in [0.1, 0.15) is 0 Å². The van der Waals surface area contributed by atoms with Crippen molar-refractivity contribution in [2.45, 2.75) is 39.2 Å². The fraction of sp³-hybridized carbons (Fsp3) is 1.00. The summed E-state index contributed by atoms with van der Waals surface area (Å²) in [4.78, 5) is 7.65. The Bertz CT molecular complexity index is 300. The summed E-state index contributed by atoms with van der Waals surface area (Å²) in [6.07, 6.45) is 2.63. The lowest BCUT2D eigenvalue weighted by Gasteiger charge is -2.45. The zero-order valence-corrected chi connectivity index (χ0v) is 15.2. The van der Waals surface area contributed by atoms with E-state index in [9.17, 15) is 0 Å². The van der Waals surface area contributed by atoms with Crippen LogP contribution >= 0.6 is 12.4 Å². The normalized spacial score (nSPS) is 25.6. The number of nitrogens with zero attached hydrogens (tertiary/aromatic N) is 3. The number of piperidine rings is 1. The fourth-order valence-electron chi connectivity index (χ4n) is 3.53. The average molecular weight is 319 g/mol. The Kier molecular flexibility index (Phi) is 6.94. The van der Waals surface area contributed by atoms with Crippen LogP contribution in [0.1, 0.15) is 33.6 Å². The molecule has 0 aromatic heterocycles. The van der Waals surface area contributed by atoms with Crippen LogP contribution in [-0.2, 0) is 0 Å². The number of hydrogen-bond donors (Lipinski definition) is 1. The van der Waals surface area contributed by atoms with E-state index in [1.807, 2.05) is 0 Å². The fourth-order valence-corrected chi connectivity index (χ4v) is 3.53. The lowest BCUT2D eigenvalue weighted by molar-refractivity contribution is 0.0489. The van der Waals surface area contributed by atoms with Crippen molar-refractivity contribution in [3.8, 4) is 0 Å². The quantitative estimate of drug-likeness (QED) is 0.852. The number of rotatable bonds is 4. The van der Waals surface area contributed by atoms with Crippen LogP contribution in [0.5, 0.6) is 0 Å². The Morgan fingerprint density at radius 2 is 1.48 bits per heavy atom. The van der Waals surface area contributed by atoms with Crippen molar-refractivity contribution in [1.29, 1.82) is 0 Å². The second kappa shape index (κ2) is 7.60. The van der Waals surface area contributed by atoms with Gasteiger partial charge >= 0.3 is 0 Å². The van der Waals surface area contributed by atoms with Crippen molar-refractivity contribution in [1.82, 2.24) is 14.7 Å². The molecule has 0 aromatic rings. The largest absolute Gasteiger partial charge is 0.324 e. The highest BCUT2D eigenvalue weighted by atomic mass is 35.5. The highest BCUT2D eigenvalue weighted by Gasteiger charge is 2.33. The first-order valence-electron chi connectivity index (χ1n) is 8.18. The molecule has 0 unspecified atom stereocenters. The van der Waals surface area contributed by atoms with Crippen LogP contribution in [0.15, 0.2) is 0 Å². The number of likely N-dealkylation sites (N-methyl/N-ethyl adjacent to an activating group) is 1. The summed E-state index contributed by atoms with van der Waals surface area (Å²) in [5, 5.41) is 0. The molecule has 2 aliphatic heterocycles. The molecule has 0 aliphatic carbocycles. The summed E-state index contributed by atoms with van der Waals surface area (Å²) in [7, 11) is 2.23. The van der Waals surface area contributed by atoms with E-state index >= 15 is 0 Å². The molecule has 21 heavy (non-hydrogen) atoms. The molecule has 2 N–H and O–H groups in total. The molecule has 2 fully saturated rings. The Hall–Kier alpha value is 0.130. The molecule has 2 aliphatic rings. The summed E-state index contributed by atoms with van der Waals surface area (Å²) < 4.78 is 0. The van der Waals surface area contributed by atoms with Crippen LogP contribution in [0, 0.1) is 5.41 Å². The Morgan fingerprint density at radius 1 is 0.952 bits per heavy atom. The van der Waals surface area contributed by atoms with E-state index in [1.165, 1.54) is 58.7 Å². The monoisotopic (exact) mass is 318 g/mol. The molecule has 5 heteroatoms. The molecule has 0 atom stereocenters. The van der Waals surface area contributed by atoms with Crippen molar-refractivity contribution in [2.24, 2.45) is 11.1 Å². The topological polar surface area (TPSA) is 35.7 Å². The number of halogens is 1. The Labute approximate surface area is 137 Å². The maximum atomic E-state index is 6.14. The van der Waals surface area contributed by atoms with Gasteiger partial charge in [-0.2, -0.15) is 0 Å². The van der Waals surface area contributed by atoms with Gasteiger partial charge in [0.15, 0.2) is 0 Å². The molecule has 4 nitrogen and oxygen atoms in total. The third kappa shape index (κ3) is 6.41. The molecule has 2 saturated heterocycles. The predicted molar refractivity (Wildman–Crippen MR) is 93.2 cm³/mol. The Balaban J connectivity index is 0.00000220. The Morgan fingerprint density at radius 3 is 1.95 bits per heavy atom. The summed E-state index contributed by atoms with van der Waals surface area (Å²) in [6.45, 7) is 16.4. The molecule has 2 rings (SSSR count). The van der Waals surface area contributed by atoms with Gasteiger partial charge in [0, 0.05) is 44.8 Å². The van der Waals surface area contributed by atoms with E-state index < -0.39 is 0 Å². The van der Waals surface area contributed by atoms with Crippen molar-refractivity contribution in [3.63, 3.8) is 0 Å². The second-order valence-corrected chi connectivity index (χ2v) is 8.15. The van der Waals surface area contributed by atoms with E-state index in [4.69, 9.17) is 5.73 Å². The average Bonchev–Trinajstić information content (AvgIpc) is 2.34. The maximum absolute atomic E-state index is 6.14. The summed E-state index contributed by atoms with van der Waals surface area (Å²) in [6, 6.07) is 0. The number of hydrogen-bond acceptors (Lipinski definition) is 4.